The molecule has 2 aliphatic carbocycles. The van der Waals surface area contributed by atoms with Crippen molar-refractivity contribution in [2.75, 3.05) is 31.6 Å². The molecule has 2 unspecified atom stereocenters. The van der Waals surface area contributed by atoms with Crippen LogP contribution in [-0.2, 0) is 19.1 Å². The average Bonchev–Trinajstić information content (AvgIpc) is 3.80. The number of likely N-dealkylation sites (tertiary alicyclic amines) is 1. The van der Waals surface area contributed by atoms with Crippen molar-refractivity contribution in [1.29, 1.82) is 0 Å². The molecule has 1 saturated carbocycles. The van der Waals surface area contributed by atoms with Crippen molar-refractivity contribution < 1.29 is 33.5 Å². The fraction of sp³-hybridized carbons (Fsp3) is 0.476. The lowest BCUT2D eigenvalue weighted by Gasteiger charge is -2.49. The van der Waals surface area contributed by atoms with Gasteiger partial charge in [-0.2, -0.15) is 5.10 Å². The molecular weight excluding hydrogens is 743 g/mol. The highest BCUT2D eigenvalue weighted by molar-refractivity contribution is 6.23. The Labute approximate surface area is 335 Å². The quantitative estimate of drug-likeness (QED) is 0.305. The minimum absolute atomic E-state index is 0.0779. The Morgan fingerprint density at radius 1 is 1.02 bits per heavy atom. The number of hydrogen-bond acceptors (Lipinski definition) is 11. The van der Waals surface area contributed by atoms with Crippen molar-refractivity contribution in [1.82, 2.24) is 39.9 Å². The second kappa shape index (κ2) is 14.2. The van der Waals surface area contributed by atoms with E-state index in [1.807, 2.05) is 37.8 Å². The number of aromatic nitrogens is 3. The molecule has 2 aromatic heterocycles. The van der Waals surface area contributed by atoms with Crippen LogP contribution in [0.25, 0.3) is 5.65 Å². The van der Waals surface area contributed by atoms with Gasteiger partial charge in [0.2, 0.25) is 17.7 Å². The summed E-state index contributed by atoms with van der Waals surface area (Å²) < 4.78 is 7.79. The molecule has 4 fully saturated rings. The first-order valence-corrected chi connectivity index (χ1v) is 20.1. The van der Waals surface area contributed by atoms with Gasteiger partial charge in [-0.3, -0.25) is 43.9 Å². The molecule has 9 rings (SSSR count). The molecule has 0 spiro atoms. The van der Waals surface area contributed by atoms with E-state index in [0.717, 1.165) is 54.9 Å². The number of likely N-dealkylation sites (N-methyl/N-ethyl adjacent to an activating group) is 1. The molecule has 16 nitrogen and oxygen atoms in total. The number of nitrogens with one attached hydrogen (secondary N) is 2. The summed E-state index contributed by atoms with van der Waals surface area (Å²) in [5.41, 5.74) is 2.98. The molecule has 4 aliphatic heterocycles. The molecule has 2 N–H and O–H groups in total. The Balaban J connectivity index is 0.811. The second-order valence-electron chi connectivity index (χ2n) is 16.9. The maximum Gasteiger partial charge on any atom is 0.262 e. The third-order valence-electron chi connectivity index (χ3n) is 13.0. The lowest BCUT2D eigenvalue weighted by molar-refractivity contribution is -0.138. The van der Waals surface area contributed by atoms with Gasteiger partial charge in [0.05, 0.1) is 34.5 Å². The van der Waals surface area contributed by atoms with Crippen molar-refractivity contribution in [2.45, 2.75) is 96.0 Å². The average molecular weight is 790 g/mol. The van der Waals surface area contributed by atoms with Crippen molar-refractivity contribution in [3.05, 3.63) is 82.7 Å². The van der Waals surface area contributed by atoms with Crippen LogP contribution in [0.1, 0.15) is 96.8 Å². The topological polar surface area (TPSA) is 179 Å². The van der Waals surface area contributed by atoms with E-state index >= 15 is 0 Å². The Morgan fingerprint density at radius 2 is 1.78 bits per heavy atom. The number of fused-ring (bicyclic) bond motifs is 3. The molecule has 3 saturated heterocycles. The number of amides is 6. The summed E-state index contributed by atoms with van der Waals surface area (Å²) in [6.45, 7) is 7.90. The summed E-state index contributed by atoms with van der Waals surface area (Å²) >= 11 is 0. The number of allylic oxidation sites excluding steroid dienone is 2. The normalized spacial score (nSPS) is 26.4. The third kappa shape index (κ3) is 6.24. The highest BCUT2D eigenvalue weighted by Gasteiger charge is 2.52. The van der Waals surface area contributed by atoms with E-state index in [4.69, 9.17) is 4.74 Å². The second-order valence-corrected chi connectivity index (χ2v) is 16.9. The number of carbonyl (C=O) groups excluding carboxylic acids is 6. The van der Waals surface area contributed by atoms with Gasteiger partial charge in [0.15, 0.2) is 5.65 Å². The molecule has 6 amide bonds. The van der Waals surface area contributed by atoms with E-state index in [-0.39, 0.29) is 47.9 Å². The predicted octanol–water partition coefficient (Wildman–Crippen LogP) is 2.81. The maximum atomic E-state index is 14.2. The number of benzene rings is 1. The first kappa shape index (κ1) is 37.7. The molecule has 0 bridgehead atoms. The van der Waals surface area contributed by atoms with Crippen molar-refractivity contribution >= 4 is 46.8 Å². The summed E-state index contributed by atoms with van der Waals surface area (Å²) in [5, 5.41) is 9.54. The molecule has 16 heteroatoms. The van der Waals surface area contributed by atoms with Gasteiger partial charge >= 0.3 is 0 Å². The first-order valence-electron chi connectivity index (χ1n) is 20.1. The smallest absolute Gasteiger partial charge is 0.262 e. The molecule has 1 aromatic carbocycles. The van der Waals surface area contributed by atoms with E-state index in [1.165, 1.54) is 6.20 Å². The van der Waals surface area contributed by atoms with Crippen LogP contribution in [0, 0.1) is 5.41 Å². The van der Waals surface area contributed by atoms with Gasteiger partial charge in [-0.15, -0.1) is 0 Å². The number of imide groups is 2. The Morgan fingerprint density at radius 3 is 2.52 bits per heavy atom. The number of ether oxygens (including phenoxy) is 1. The molecular formula is C42H47N9O7. The van der Waals surface area contributed by atoms with E-state index in [1.54, 1.807) is 35.1 Å². The van der Waals surface area contributed by atoms with Crippen LogP contribution >= 0.6 is 0 Å². The zero-order chi connectivity index (χ0) is 40.6. The Hall–Kier alpha value is -5.90. The molecule has 3 aromatic rings. The van der Waals surface area contributed by atoms with Gasteiger partial charge in [0.1, 0.15) is 17.4 Å². The molecule has 302 valence electrons. The molecule has 2 atom stereocenters. The van der Waals surface area contributed by atoms with Gasteiger partial charge in [-0.1, -0.05) is 0 Å². The van der Waals surface area contributed by atoms with E-state index in [2.05, 4.69) is 37.6 Å². The SMILES string of the molecule is CC(C)OC1=C(NC(=O)c2cnn3cccnc23)C=C2CN(C3CCC(N(C)C4CN(c5ccc6c(c5)C(=O)N(C5CCC(=O)NC5=O)C6=O)C4)CC3)C(=O)C2(C)C1. The number of anilines is 1. The highest BCUT2D eigenvalue weighted by Crippen LogP contribution is 2.48. The van der Waals surface area contributed by atoms with Crippen LogP contribution < -0.4 is 15.5 Å². The van der Waals surface area contributed by atoms with E-state index in [9.17, 15) is 28.8 Å². The van der Waals surface area contributed by atoms with Gasteiger partial charge in [0, 0.05) is 68.7 Å². The van der Waals surface area contributed by atoms with E-state index in [0.29, 0.717) is 47.7 Å². The zero-order valence-corrected chi connectivity index (χ0v) is 33.1. The lowest BCUT2D eigenvalue weighted by atomic mass is 9.76. The lowest BCUT2D eigenvalue weighted by Crippen LogP contribution is -2.61. The summed E-state index contributed by atoms with van der Waals surface area (Å²) in [4.78, 5) is 90.4. The van der Waals surface area contributed by atoms with Gasteiger partial charge in [-0.25, -0.2) is 9.50 Å². The number of carbonyl (C=O) groups is 6. The van der Waals surface area contributed by atoms with Crippen LogP contribution in [0.15, 0.2) is 66.0 Å². The number of piperidine rings is 1. The standard InChI is InChI=1S/C42H47N9O7/c1-23(2)58-34-18-42(3)24(16-32(34)45-37(53)31-19-44-50-15-5-14-43-36(31)50)20-49(41(42)57)26-8-6-25(7-9-26)47(4)28-21-48(22-28)27-10-11-29-30(17-27)40(56)51(39(29)55)33-12-13-35(52)46-38(33)54/h5,10-11,14-17,19,23,25-26,28,33H,6-9,12-13,18,20-22H2,1-4H3,(H,45,53)(H,46,52,54). The summed E-state index contributed by atoms with van der Waals surface area (Å²) in [7, 11) is 2.16. The van der Waals surface area contributed by atoms with Crippen LogP contribution in [-0.4, -0.2) is 122 Å². The third-order valence-corrected chi connectivity index (χ3v) is 13.0. The van der Waals surface area contributed by atoms with Gasteiger partial charge in [0.25, 0.3) is 17.7 Å². The number of rotatable bonds is 9. The predicted molar refractivity (Wildman–Crippen MR) is 209 cm³/mol. The molecule has 58 heavy (non-hydrogen) atoms. The fourth-order valence-electron chi connectivity index (χ4n) is 9.57. The van der Waals surface area contributed by atoms with Crippen LogP contribution in [0.4, 0.5) is 5.69 Å². The zero-order valence-electron chi connectivity index (χ0n) is 33.1. The van der Waals surface area contributed by atoms with Gasteiger partial charge < -0.3 is 19.9 Å². The summed E-state index contributed by atoms with van der Waals surface area (Å²) in [6, 6.07) is 6.80. The minimum Gasteiger partial charge on any atom is -0.493 e. The Kier molecular flexibility index (Phi) is 9.21. The molecule has 6 heterocycles. The number of hydrogen-bond donors (Lipinski definition) is 2. The summed E-state index contributed by atoms with van der Waals surface area (Å²) in [5.74, 6) is -1.70. The van der Waals surface area contributed by atoms with Crippen molar-refractivity contribution in [2.24, 2.45) is 5.41 Å². The molecule has 0 radical (unpaired) electrons. The van der Waals surface area contributed by atoms with Crippen LogP contribution in [0.2, 0.25) is 0 Å². The Bertz CT molecular complexity index is 2340. The first-order chi connectivity index (χ1) is 27.8. The maximum absolute atomic E-state index is 14.2. The van der Waals surface area contributed by atoms with Crippen LogP contribution in [0.5, 0.6) is 0 Å². The molecule has 6 aliphatic rings. The summed E-state index contributed by atoms with van der Waals surface area (Å²) in [6.07, 6.45) is 10.9. The van der Waals surface area contributed by atoms with Crippen molar-refractivity contribution in [3.63, 3.8) is 0 Å². The minimum atomic E-state index is -0.992. The van der Waals surface area contributed by atoms with E-state index < -0.39 is 35.1 Å². The van der Waals surface area contributed by atoms with Crippen molar-refractivity contribution in [3.8, 4) is 0 Å². The van der Waals surface area contributed by atoms with Gasteiger partial charge in [-0.05, 0) is 95.8 Å². The highest BCUT2D eigenvalue weighted by atomic mass is 16.5. The number of nitrogens with zero attached hydrogens (tertiary/aromatic N) is 7. The van der Waals surface area contributed by atoms with Crippen LogP contribution in [0.3, 0.4) is 0 Å². The monoisotopic (exact) mass is 789 g/mol. The largest absolute Gasteiger partial charge is 0.493 e. The fourth-order valence-corrected chi connectivity index (χ4v) is 9.57.